The number of nitrogens with one attached hydrogen (secondary N) is 1. The molecule has 2 amide bonds. The van der Waals surface area contributed by atoms with Crippen molar-refractivity contribution in [3.63, 3.8) is 0 Å². The van der Waals surface area contributed by atoms with Crippen LogP contribution in [0.3, 0.4) is 0 Å². The van der Waals surface area contributed by atoms with E-state index in [1.165, 1.54) is 0 Å². The van der Waals surface area contributed by atoms with Crippen molar-refractivity contribution in [2.45, 2.75) is 34.1 Å². The van der Waals surface area contributed by atoms with Crippen LogP contribution in [0, 0.1) is 33.6 Å². The summed E-state index contributed by atoms with van der Waals surface area (Å²) >= 11 is 0. The Hall–Kier alpha value is -3.15. The third-order valence-electron chi connectivity index (χ3n) is 5.25. The van der Waals surface area contributed by atoms with Gasteiger partial charge in [0.2, 0.25) is 5.91 Å². The van der Waals surface area contributed by atoms with Crippen LogP contribution < -0.4 is 10.2 Å². The Morgan fingerprint density at radius 1 is 1.03 bits per heavy atom. The molecule has 1 heterocycles. The number of carbonyl (C=O) groups excluding carboxylic acids is 3. The van der Waals surface area contributed by atoms with Crippen LogP contribution in [-0.4, -0.2) is 30.9 Å². The van der Waals surface area contributed by atoms with E-state index in [0.29, 0.717) is 5.69 Å². The summed E-state index contributed by atoms with van der Waals surface area (Å²) in [7, 11) is 0. The van der Waals surface area contributed by atoms with Crippen molar-refractivity contribution >= 4 is 29.2 Å². The standard InChI is InChI=1S/C23H26N2O4/c1-14-5-6-16(3)20(9-14)25-12-18(11-22(25)27)23(28)29-13-21(26)24-19-8-7-15(2)17(4)10-19/h5-10,18H,11-13H2,1-4H3,(H,24,26)/t18-/m1/s1. The molecule has 0 bridgehead atoms. The highest BCUT2D eigenvalue weighted by Gasteiger charge is 2.36. The van der Waals surface area contributed by atoms with Gasteiger partial charge in [0.05, 0.1) is 5.92 Å². The molecule has 0 aliphatic carbocycles. The quantitative estimate of drug-likeness (QED) is 0.788. The van der Waals surface area contributed by atoms with Gasteiger partial charge in [0, 0.05) is 24.3 Å². The van der Waals surface area contributed by atoms with Crippen LogP contribution in [0.25, 0.3) is 0 Å². The maximum absolute atomic E-state index is 12.4. The minimum Gasteiger partial charge on any atom is -0.455 e. The van der Waals surface area contributed by atoms with Crippen molar-refractivity contribution in [3.8, 4) is 0 Å². The Kier molecular flexibility index (Phi) is 6.01. The summed E-state index contributed by atoms with van der Waals surface area (Å²) in [5, 5.41) is 2.72. The number of amides is 2. The molecule has 0 aromatic heterocycles. The number of benzene rings is 2. The molecule has 1 atom stereocenters. The lowest BCUT2D eigenvalue weighted by molar-refractivity contribution is -0.151. The Morgan fingerprint density at radius 2 is 1.76 bits per heavy atom. The largest absolute Gasteiger partial charge is 0.455 e. The van der Waals surface area contributed by atoms with Gasteiger partial charge < -0.3 is 15.0 Å². The average Bonchev–Trinajstić information content (AvgIpc) is 3.06. The zero-order valence-electron chi connectivity index (χ0n) is 17.2. The SMILES string of the molecule is Cc1ccc(C)c(N2C[C@H](C(=O)OCC(=O)Nc3ccc(C)c(C)c3)CC2=O)c1. The second-order valence-electron chi connectivity index (χ2n) is 7.65. The van der Waals surface area contributed by atoms with E-state index in [4.69, 9.17) is 4.74 Å². The van der Waals surface area contributed by atoms with Gasteiger partial charge in [0.15, 0.2) is 6.61 Å². The van der Waals surface area contributed by atoms with Crippen molar-refractivity contribution < 1.29 is 19.1 Å². The molecule has 6 heteroatoms. The predicted octanol–water partition coefficient (Wildman–Crippen LogP) is 3.46. The van der Waals surface area contributed by atoms with E-state index in [1.54, 1.807) is 11.0 Å². The number of hydrogen-bond acceptors (Lipinski definition) is 4. The fourth-order valence-electron chi connectivity index (χ4n) is 3.38. The Balaban J connectivity index is 1.56. The molecule has 1 N–H and O–H groups in total. The number of carbonyl (C=O) groups is 3. The average molecular weight is 394 g/mol. The number of nitrogens with zero attached hydrogens (tertiary/aromatic N) is 1. The van der Waals surface area contributed by atoms with Gasteiger partial charge in [-0.25, -0.2) is 0 Å². The predicted molar refractivity (Wildman–Crippen MR) is 112 cm³/mol. The Bertz CT molecular complexity index is 967. The van der Waals surface area contributed by atoms with Gasteiger partial charge in [-0.05, 0) is 68.1 Å². The van der Waals surface area contributed by atoms with Gasteiger partial charge in [0.25, 0.3) is 5.91 Å². The fourth-order valence-corrected chi connectivity index (χ4v) is 3.38. The van der Waals surface area contributed by atoms with Crippen LogP contribution >= 0.6 is 0 Å². The summed E-state index contributed by atoms with van der Waals surface area (Å²) in [5.41, 5.74) is 5.70. The maximum atomic E-state index is 12.4. The molecule has 6 nitrogen and oxygen atoms in total. The number of rotatable bonds is 5. The second-order valence-corrected chi connectivity index (χ2v) is 7.65. The van der Waals surface area contributed by atoms with E-state index in [9.17, 15) is 14.4 Å². The van der Waals surface area contributed by atoms with E-state index in [1.807, 2.05) is 58.0 Å². The van der Waals surface area contributed by atoms with Gasteiger partial charge in [-0.2, -0.15) is 0 Å². The molecule has 0 unspecified atom stereocenters. The summed E-state index contributed by atoms with van der Waals surface area (Å²) in [6.07, 6.45) is 0.0883. The molecule has 1 aliphatic rings. The first-order valence-electron chi connectivity index (χ1n) is 9.66. The summed E-state index contributed by atoms with van der Waals surface area (Å²) in [6, 6.07) is 11.5. The van der Waals surface area contributed by atoms with Crippen LogP contribution in [0.2, 0.25) is 0 Å². The van der Waals surface area contributed by atoms with Crippen molar-refractivity contribution in [1.29, 1.82) is 0 Å². The topological polar surface area (TPSA) is 75.7 Å². The van der Waals surface area contributed by atoms with E-state index < -0.39 is 17.8 Å². The van der Waals surface area contributed by atoms with E-state index in [-0.39, 0.29) is 25.5 Å². The lowest BCUT2D eigenvalue weighted by atomic mass is 10.1. The summed E-state index contributed by atoms with van der Waals surface area (Å²) in [5.74, 6) is -1.62. The fraction of sp³-hybridized carbons (Fsp3) is 0.348. The Labute approximate surface area is 170 Å². The van der Waals surface area contributed by atoms with Crippen molar-refractivity contribution in [1.82, 2.24) is 0 Å². The third-order valence-corrected chi connectivity index (χ3v) is 5.25. The summed E-state index contributed by atoms with van der Waals surface area (Å²) in [6.45, 7) is 7.74. The van der Waals surface area contributed by atoms with Crippen LogP contribution in [0.5, 0.6) is 0 Å². The smallest absolute Gasteiger partial charge is 0.311 e. The van der Waals surface area contributed by atoms with Gasteiger partial charge in [-0.1, -0.05) is 18.2 Å². The minimum atomic E-state index is -0.572. The van der Waals surface area contributed by atoms with E-state index in [2.05, 4.69) is 5.32 Å². The Morgan fingerprint density at radius 3 is 2.48 bits per heavy atom. The number of hydrogen-bond donors (Lipinski definition) is 1. The van der Waals surface area contributed by atoms with Gasteiger partial charge in [0.1, 0.15) is 0 Å². The summed E-state index contributed by atoms with van der Waals surface area (Å²) < 4.78 is 5.17. The molecule has 2 aromatic rings. The zero-order chi connectivity index (χ0) is 21.1. The molecule has 1 aliphatic heterocycles. The molecule has 0 saturated carbocycles. The molecule has 1 saturated heterocycles. The molecule has 152 valence electrons. The van der Waals surface area contributed by atoms with Crippen molar-refractivity contribution in [3.05, 3.63) is 58.7 Å². The highest BCUT2D eigenvalue weighted by atomic mass is 16.5. The molecular formula is C23H26N2O4. The van der Waals surface area contributed by atoms with Crippen LogP contribution in [0.4, 0.5) is 11.4 Å². The highest BCUT2D eigenvalue weighted by Crippen LogP contribution is 2.29. The molecule has 0 radical (unpaired) electrons. The van der Waals surface area contributed by atoms with Crippen LogP contribution in [-0.2, 0) is 19.1 Å². The molecule has 29 heavy (non-hydrogen) atoms. The zero-order valence-corrected chi connectivity index (χ0v) is 17.2. The van der Waals surface area contributed by atoms with Gasteiger partial charge in [-0.15, -0.1) is 0 Å². The first-order chi connectivity index (χ1) is 13.7. The van der Waals surface area contributed by atoms with Gasteiger partial charge >= 0.3 is 5.97 Å². The van der Waals surface area contributed by atoms with E-state index in [0.717, 1.165) is 27.9 Å². The molecule has 0 spiro atoms. The first kappa shape index (κ1) is 20.6. The highest BCUT2D eigenvalue weighted by molar-refractivity contribution is 6.00. The van der Waals surface area contributed by atoms with Crippen LogP contribution in [0.15, 0.2) is 36.4 Å². The van der Waals surface area contributed by atoms with Crippen LogP contribution in [0.1, 0.15) is 28.7 Å². The third kappa shape index (κ3) is 4.83. The minimum absolute atomic E-state index is 0.0883. The molecular weight excluding hydrogens is 368 g/mol. The maximum Gasteiger partial charge on any atom is 0.311 e. The molecule has 3 rings (SSSR count). The number of anilines is 2. The van der Waals surface area contributed by atoms with Gasteiger partial charge in [-0.3, -0.25) is 14.4 Å². The molecule has 2 aromatic carbocycles. The normalized spacial score (nSPS) is 16.1. The first-order valence-corrected chi connectivity index (χ1v) is 9.66. The number of aryl methyl sites for hydroxylation is 4. The summed E-state index contributed by atoms with van der Waals surface area (Å²) in [4.78, 5) is 38.5. The van der Waals surface area contributed by atoms with Crippen molar-refractivity contribution in [2.24, 2.45) is 5.92 Å². The molecule has 1 fully saturated rings. The number of ether oxygens (including phenoxy) is 1. The second kappa shape index (κ2) is 8.47. The lowest BCUT2D eigenvalue weighted by Crippen LogP contribution is -2.28. The van der Waals surface area contributed by atoms with Crippen molar-refractivity contribution in [2.75, 3.05) is 23.4 Å². The number of esters is 1. The lowest BCUT2D eigenvalue weighted by Gasteiger charge is -2.19. The monoisotopic (exact) mass is 394 g/mol. The van der Waals surface area contributed by atoms with E-state index >= 15 is 0 Å².